The van der Waals surface area contributed by atoms with Gasteiger partial charge in [-0.1, -0.05) is 15.9 Å². The first-order chi connectivity index (χ1) is 8.04. The maximum absolute atomic E-state index is 10.9. The molecule has 0 saturated heterocycles. The largest absolute Gasteiger partial charge is 0.506 e. The first-order valence-corrected chi connectivity index (χ1v) is 6.28. The highest BCUT2D eigenvalue weighted by molar-refractivity contribution is 14.1. The van der Waals surface area contributed by atoms with Crippen LogP contribution in [-0.4, -0.2) is 17.2 Å². The third-order valence-corrected chi connectivity index (χ3v) is 2.97. The van der Waals surface area contributed by atoms with E-state index in [4.69, 9.17) is 5.26 Å². The van der Waals surface area contributed by atoms with Gasteiger partial charge in [0.15, 0.2) is 0 Å². The van der Waals surface area contributed by atoms with Crippen LogP contribution in [0.5, 0.6) is 5.75 Å². The van der Waals surface area contributed by atoms with Gasteiger partial charge in [0.2, 0.25) is 0 Å². The predicted molar refractivity (Wildman–Crippen MR) is 74.5 cm³/mol. The Morgan fingerprint density at radius 3 is 3.06 bits per heavy atom. The van der Waals surface area contributed by atoms with Crippen molar-refractivity contribution in [3.63, 3.8) is 0 Å². The fourth-order valence-electron chi connectivity index (χ4n) is 0.969. The number of amides is 1. The molecule has 0 fully saturated rings. The lowest BCUT2D eigenvalue weighted by molar-refractivity contribution is -0.120. The molecule has 1 aromatic rings. The third kappa shape index (κ3) is 4.32. The van der Waals surface area contributed by atoms with Crippen molar-refractivity contribution in [2.24, 2.45) is 5.10 Å². The first kappa shape index (κ1) is 13.9. The number of halogens is 2. The number of hydrazone groups is 1. The fraction of sp³-hybridized carbons (Fsp3) is 0.100. The number of nitrogens with zero attached hydrogens (tertiary/aromatic N) is 2. The van der Waals surface area contributed by atoms with Crippen molar-refractivity contribution in [2.75, 3.05) is 0 Å². The van der Waals surface area contributed by atoms with Gasteiger partial charge in [-0.15, -0.1) is 0 Å². The van der Waals surface area contributed by atoms with Gasteiger partial charge in [0.05, 0.1) is 15.9 Å². The van der Waals surface area contributed by atoms with Gasteiger partial charge in [0.1, 0.15) is 12.2 Å². The molecule has 0 unspecified atom stereocenters. The Kier molecular flexibility index (Phi) is 5.37. The van der Waals surface area contributed by atoms with Gasteiger partial charge in [0, 0.05) is 10.0 Å². The third-order valence-electron chi connectivity index (χ3n) is 1.69. The van der Waals surface area contributed by atoms with Crippen molar-refractivity contribution in [3.05, 3.63) is 25.7 Å². The summed E-state index contributed by atoms with van der Waals surface area (Å²) in [7, 11) is 0. The molecule has 1 amide bonds. The predicted octanol–water partition coefficient (Wildman–Crippen LogP) is 2.12. The minimum Gasteiger partial charge on any atom is -0.506 e. The Bertz CT molecular complexity index is 511. The van der Waals surface area contributed by atoms with Crippen LogP contribution in [0.25, 0.3) is 0 Å². The summed E-state index contributed by atoms with van der Waals surface area (Å²) in [6.45, 7) is 0. The number of carbonyl (C=O) groups excluding carboxylic acids is 1. The molecular weight excluding hydrogens is 401 g/mol. The summed E-state index contributed by atoms with van der Waals surface area (Å²) in [4.78, 5) is 10.9. The number of phenols is 1. The van der Waals surface area contributed by atoms with E-state index >= 15 is 0 Å². The zero-order valence-corrected chi connectivity index (χ0v) is 12.2. The molecule has 0 aliphatic rings. The summed E-state index contributed by atoms with van der Waals surface area (Å²) in [5, 5.41) is 21.6. The van der Waals surface area contributed by atoms with Crippen LogP contribution in [-0.2, 0) is 4.79 Å². The molecule has 88 valence electrons. The Morgan fingerprint density at radius 1 is 1.71 bits per heavy atom. The van der Waals surface area contributed by atoms with Crippen LogP contribution < -0.4 is 5.43 Å². The summed E-state index contributed by atoms with van der Waals surface area (Å²) in [6.07, 6.45) is 1.07. The average Bonchev–Trinajstić information content (AvgIpc) is 2.25. The zero-order chi connectivity index (χ0) is 12.8. The van der Waals surface area contributed by atoms with E-state index in [2.05, 4.69) is 26.5 Å². The van der Waals surface area contributed by atoms with Crippen molar-refractivity contribution in [1.29, 1.82) is 5.26 Å². The molecule has 0 bridgehead atoms. The maximum atomic E-state index is 10.9. The SMILES string of the molecule is N#CCC(=O)N/N=C/c1cc(Br)cc(I)c1O. The number of nitriles is 1. The number of hydrogen-bond donors (Lipinski definition) is 2. The zero-order valence-electron chi connectivity index (χ0n) is 8.44. The molecule has 0 radical (unpaired) electrons. The van der Waals surface area contributed by atoms with Crippen molar-refractivity contribution in [2.45, 2.75) is 6.42 Å². The number of phenolic OH excluding ortho intramolecular Hbond substituents is 1. The number of carbonyl (C=O) groups is 1. The van der Waals surface area contributed by atoms with E-state index in [1.165, 1.54) is 6.21 Å². The number of rotatable bonds is 3. The topological polar surface area (TPSA) is 85.5 Å². The maximum Gasteiger partial charge on any atom is 0.254 e. The van der Waals surface area contributed by atoms with Crippen LogP contribution in [0.4, 0.5) is 0 Å². The van der Waals surface area contributed by atoms with Crippen LogP contribution in [0.15, 0.2) is 21.7 Å². The molecule has 0 spiro atoms. The molecule has 0 aliphatic carbocycles. The first-order valence-electron chi connectivity index (χ1n) is 4.41. The molecule has 1 rings (SSSR count). The minimum atomic E-state index is -0.493. The van der Waals surface area contributed by atoms with Crippen LogP contribution >= 0.6 is 38.5 Å². The lowest BCUT2D eigenvalue weighted by Crippen LogP contribution is -2.16. The molecule has 17 heavy (non-hydrogen) atoms. The second-order valence-corrected chi connectivity index (χ2v) is 5.03. The summed E-state index contributed by atoms with van der Waals surface area (Å²) < 4.78 is 1.46. The fourth-order valence-corrected chi connectivity index (χ4v) is 2.52. The van der Waals surface area contributed by atoms with Gasteiger partial charge >= 0.3 is 0 Å². The van der Waals surface area contributed by atoms with Gasteiger partial charge < -0.3 is 5.11 Å². The van der Waals surface area contributed by atoms with Gasteiger partial charge in [-0.2, -0.15) is 10.4 Å². The van der Waals surface area contributed by atoms with E-state index in [1.807, 2.05) is 22.6 Å². The van der Waals surface area contributed by atoms with Crippen LogP contribution in [0.3, 0.4) is 0 Å². The van der Waals surface area contributed by atoms with Crippen molar-refractivity contribution < 1.29 is 9.90 Å². The van der Waals surface area contributed by atoms with Crippen LogP contribution in [0.2, 0.25) is 0 Å². The molecule has 0 aliphatic heterocycles. The smallest absolute Gasteiger partial charge is 0.254 e. The number of benzene rings is 1. The van der Waals surface area contributed by atoms with E-state index in [9.17, 15) is 9.90 Å². The van der Waals surface area contributed by atoms with Crippen molar-refractivity contribution in [1.82, 2.24) is 5.43 Å². The van der Waals surface area contributed by atoms with Gasteiger partial charge in [-0.3, -0.25) is 4.79 Å². The Labute approximate surface area is 120 Å². The molecule has 1 aromatic carbocycles. The van der Waals surface area contributed by atoms with E-state index in [-0.39, 0.29) is 12.2 Å². The Balaban J connectivity index is 2.79. The van der Waals surface area contributed by atoms with Gasteiger partial charge in [-0.05, 0) is 34.7 Å². The molecule has 2 N–H and O–H groups in total. The minimum absolute atomic E-state index is 0.0899. The average molecular weight is 408 g/mol. The van der Waals surface area contributed by atoms with E-state index in [1.54, 1.807) is 18.2 Å². The molecule has 0 heterocycles. The number of hydrogen-bond acceptors (Lipinski definition) is 4. The second-order valence-electron chi connectivity index (χ2n) is 2.95. The highest BCUT2D eigenvalue weighted by Crippen LogP contribution is 2.27. The molecule has 7 heteroatoms. The van der Waals surface area contributed by atoms with Gasteiger partial charge in [-0.25, -0.2) is 5.43 Å². The second kappa shape index (κ2) is 6.56. The standard InChI is InChI=1S/C10H7BrIN3O2/c11-7-3-6(10(17)8(12)4-7)5-14-15-9(16)1-2-13/h3-5,17H,1H2,(H,15,16)/b14-5+. The summed E-state index contributed by atoms with van der Waals surface area (Å²) in [6, 6.07) is 5.12. The number of aromatic hydroxyl groups is 1. The molecule has 5 nitrogen and oxygen atoms in total. The lowest BCUT2D eigenvalue weighted by atomic mass is 10.2. The molecule has 0 aromatic heterocycles. The highest BCUT2D eigenvalue weighted by atomic mass is 127. The summed E-state index contributed by atoms with van der Waals surface area (Å²) >= 11 is 5.27. The molecular formula is C10H7BrIN3O2. The van der Waals surface area contributed by atoms with Crippen molar-refractivity contribution in [3.8, 4) is 11.8 Å². The lowest BCUT2D eigenvalue weighted by Gasteiger charge is -2.02. The highest BCUT2D eigenvalue weighted by Gasteiger charge is 2.05. The monoisotopic (exact) mass is 407 g/mol. The van der Waals surface area contributed by atoms with Gasteiger partial charge in [0.25, 0.3) is 5.91 Å². The van der Waals surface area contributed by atoms with Crippen LogP contribution in [0.1, 0.15) is 12.0 Å². The Hall–Kier alpha value is -1.14. The van der Waals surface area contributed by atoms with Crippen molar-refractivity contribution >= 4 is 50.6 Å². The van der Waals surface area contributed by atoms with E-state index in [0.717, 1.165) is 4.47 Å². The summed E-state index contributed by atoms with van der Waals surface area (Å²) in [5.41, 5.74) is 2.65. The molecule has 0 atom stereocenters. The Morgan fingerprint density at radius 2 is 2.41 bits per heavy atom. The van der Waals surface area contributed by atoms with E-state index in [0.29, 0.717) is 9.13 Å². The quantitative estimate of drug-likeness (QED) is 0.457. The van der Waals surface area contributed by atoms with E-state index < -0.39 is 5.91 Å². The number of nitrogens with one attached hydrogen (secondary N) is 1. The normalized spacial score (nSPS) is 10.2. The summed E-state index contributed by atoms with van der Waals surface area (Å²) in [5.74, 6) is -0.403. The van der Waals surface area contributed by atoms with Crippen LogP contribution in [0, 0.1) is 14.9 Å². The molecule has 0 saturated carbocycles.